The van der Waals surface area contributed by atoms with Crippen LogP contribution < -0.4 is 15.4 Å². The maximum Gasteiger partial charge on any atom is 0.319 e. The fourth-order valence-corrected chi connectivity index (χ4v) is 2.26. The molecule has 3 N–H and O–H groups in total. The molecule has 0 heterocycles. The van der Waals surface area contributed by atoms with E-state index in [4.69, 9.17) is 9.47 Å². The topological polar surface area (TPSA) is 79.8 Å². The number of amides is 2. The molecular weight excluding hydrogens is 387 g/mol. The molecule has 0 atom stereocenters. The van der Waals surface area contributed by atoms with Crippen LogP contribution in [-0.2, 0) is 4.74 Å². The molecule has 0 unspecified atom stereocenters. The Morgan fingerprint density at radius 3 is 2.81 bits per heavy atom. The first-order chi connectivity index (χ1) is 10.1. The van der Waals surface area contributed by atoms with E-state index in [1.807, 2.05) is 29.5 Å². The van der Waals surface area contributed by atoms with Crippen molar-refractivity contribution in [2.24, 2.45) is 0 Å². The third-order valence-corrected chi connectivity index (χ3v) is 3.46. The minimum Gasteiger partial charge on any atom is -0.506 e. The summed E-state index contributed by atoms with van der Waals surface area (Å²) in [4.78, 5) is 11.7. The van der Waals surface area contributed by atoms with Crippen molar-refractivity contribution in [1.82, 2.24) is 5.32 Å². The predicted octanol–water partition coefficient (Wildman–Crippen LogP) is 2.94. The van der Waals surface area contributed by atoms with Crippen LogP contribution in [0.15, 0.2) is 12.1 Å². The Kier molecular flexibility index (Phi) is 8.21. The van der Waals surface area contributed by atoms with Gasteiger partial charge in [0.05, 0.1) is 16.4 Å². The standard InChI is InChI=1S/C14H21IN2O4/c1-3-6-21-7-4-5-16-14(19)17-11-9-13(20-2)10(15)8-12(11)18/h8-9,18H,3-7H2,1-2H3,(H2,16,17,19). The van der Waals surface area contributed by atoms with Crippen molar-refractivity contribution in [2.75, 3.05) is 32.2 Å². The minimum atomic E-state index is -0.371. The van der Waals surface area contributed by atoms with Crippen LogP contribution in [0.1, 0.15) is 19.8 Å². The minimum absolute atomic E-state index is 0.00151. The number of ether oxygens (including phenoxy) is 2. The van der Waals surface area contributed by atoms with Gasteiger partial charge in [-0.15, -0.1) is 0 Å². The molecule has 7 heteroatoms. The van der Waals surface area contributed by atoms with E-state index in [0.717, 1.165) is 23.0 Å². The van der Waals surface area contributed by atoms with E-state index in [9.17, 15) is 9.90 Å². The SMILES string of the molecule is CCCOCCCNC(=O)Nc1cc(OC)c(I)cc1O. The van der Waals surface area contributed by atoms with Crippen LogP contribution in [0, 0.1) is 3.57 Å². The van der Waals surface area contributed by atoms with Crippen molar-refractivity contribution in [3.63, 3.8) is 0 Å². The maximum atomic E-state index is 11.7. The average molecular weight is 408 g/mol. The molecule has 21 heavy (non-hydrogen) atoms. The summed E-state index contributed by atoms with van der Waals surface area (Å²) in [7, 11) is 1.54. The molecule has 118 valence electrons. The lowest BCUT2D eigenvalue weighted by atomic mass is 10.2. The molecule has 0 saturated carbocycles. The number of phenols is 1. The van der Waals surface area contributed by atoms with Crippen LogP contribution in [0.25, 0.3) is 0 Å². The molecule has 2 amide bonds. The number of carbonyl (C=O) groups is 1. The molecule has 1 aromatic rings. The number of carbonyl (C=O) groups excluding carboxylic acids is 1. The van der Waals surface area contributed by atoms with Gasteiger partial charge >= 0.3 is 6.03 Å². The molecule has 0 saturated heterocycles. The molecule has 0 aliphatic heterocycles. The van der Waals surface area contributed by atoms with Gasteiger partial charge in [0.15, 0.2) is 0 Å². The Morgan fingerprint density at radius 1 is 1.38 bits per heavy atom. The number of hydrogen-bond acceptors (Lipinski definition) is 4. The molecule has 0 aromatic heterocycles. The summed E-state index contributed by atoms with van der Waals surface area (Å²) in [6.45, 7) is 3.92. The van der Waals surface area contributed by atoms with Crippen LogP contribution >= 0.6 is 22.6 Å². The molecule has 0 bridgehead atoms. The Bertz CT molecular complexity index is 469. The lowest BCUT2D eigenvalue weighted by molar-refractivity contribution is 0.132. The zero-order valence-electron chi connectivity index (χ0n) is 12.2. The van der Waals surface area contributed by atoms with Crippen molar-refractivity contribution < 1.29 is 19.4 Å². The lowest BCUT2D eigenvalue weighted by Gasteiger charge is -2.11. The highest BCUT2D eigenvalue weighted by Crippen LogP contribution is 2.32. The number of halogens is 1. The molecule has 0 radical (unpaired) electrons. The van der Waals surface area contributed by atoms with Crippen LogP contribution in [0.2, 0.25) is 0 Å². The molecule has 0 fully saturated rings. The fraction of sp³-hybridized carbons (Fsp3) is 0.500. The summed E-state index contributed by atoms with van der Waals surface area (Å²) in [5.74, 6) is 0.596. The Morgan fingerprint density at radius 2 is 2.14 bits per heavy atom. The second kappa shape index (κ2) is 9.67. The zero-order valence-corrected chi connectivity index (χ0v) is 14.4. The first-order valence-electron chi connectivity index (χ1n) is 6.77. The van der Waals surface area contributed by atoms with E-state index >= 15 is 0 Å². The fourth-order valence-electron chi connectivity index (χ4n) is 1.59. The van der Waals surface area contributed by atoms with E-state index in [1.165, 1.54) is 13.2 Å². The van der Waals surface area contributed by atoms with Crippen molar-refractivity contribution in [1.29, 1.82) is 0 Å². The first-order valence-corrected chi connectivity index (χ1v) is 7.85. The number of aromatic hydroxyl groups is 1. The normalized spacial score (nSPS) is 10.2. The van der Waals surface area contributed by atoms with Crippen LogP contribution in [0.4, 0.5) is 10.5 Å². The van der Waals surface area contributed by atoms with E-state index in [2.05, 4.69) is 10.6 Å². The van der Waals surface area contributed by atoms with Crippen molar-refractivity contribution in [3.8, 4) is 11.5 Å². The predicted molar refractivity (Wildman–Crippen MR) is 90.1 cm³/mol. The largest absolute Gasteiger partial charge is 0.506 e. The van der Waals surface area contributed by atoms with Crippen LogP contribution in [0.5, 0.6) is 11.5 Å². The monoisotopic (exact) mass is 408 g/mol. The summed E-state index contributed by atoms with van der Waals surface area (Å²) in [5.41, 5.74) is 0.312. The van der Waals surface area contributed by atoms with Gasteiger partial charge < -0.3 is 25.2 Å². The van der Waals surface area contributed by atoms with Gasteiger partial charge in [0.1, 0.15) is 11.5 Å². The number of phenolic OH excluding ortho intramolecular Hbond substituents is 1. The van der Waals surface area contributed by atoms with Crippen molar-refractivity contribution >= 4 is 34.3 Å². The lowest BCUT2D eigenvalue weighted by Crippen LogP contribution is -2.30. The Balaban J connectivity index is 2.41. The summed E-state index contributed by atoms with van der Waals surface area (Å²) in [5, 5.41) is 15.1. The molecule has 0 aliphatic rings. The second-order valence-corrected chi connectivity index (χ2v) is 5.51. The van der Waals surface area contributed by atoms with Gasteiger partial charge in [-0.25, -0.2) is 4.79 Å². The number of anilines is 1. The van der Waals surface area contributed by atoms with Gasteiger partial charge in [-0.3, -0.25) is 0 Å². The maximum absolute atomic E-state index is 11.7. The van der Waals surface area contributed by atoms with E-state index < -0.39 is 0 Å². The molecule has 0 spiro atoms. The second-order valence-electron chi connectivity index (χ2n) is 4.35. The molecule has 6 nitrogen and oxygen atoms in total. The highest BCUT2D eigenvalue weighted by Gasteiger charge is 2.10. The Hall–Kier alpha value is -1.22. The third-order valence-electron chi connectivity index (χ3n) is 2.62. The average Bonchev–Trinajstić information content (AvgIpc) is 2.45. The molecule has 0 aliphatic carbocycles. The highest BCUT2D eigenvalue weighted by molar-refractivity contribution is 14.1. The van der Waals surface area contributed by atoms with Crippen LogP contribution in [0.3, 0.4) is 0 Å². The van der Waals surface area contributed by atoms with Gasteiger partial charge in [-0.05, 0) is 41.5 Å². The highest BCUT2D eigenvalue weighted by atomic mass is 127. The smallest absolute Gasteiger partial charge is 0.319 e. The van der Waals surface area contributed by atoms with Crippen LogP contribution in [-0.4, -0.2) is 38.0 Å². The Labute approximate surface area is 138 Å². The van der Waals surface area contributed by atoms with E-state index in [-0.39, 0.29) is 11.8 Å². The number of hydrogen-bond donors (Lipinski definition) is 3. The number of benzene rings is 1. The molecular formula is C14H21IN2O4. The van der Waals surface area contributed by atoms with Gasteiger partial charge in [0.25, 0.3) is 0 Å². The van der Waals surface area contributed by atoms with E-state index in [0.29, 0.717) is 24.6 Å². The summed E-state index contributed by atoms with van der Waals surface area (Å²) in [6, 6.07) is 2.75. The third kappa shape index (κ3) is 6.38. The molecule has 1 rings (SSSR count). The first kappa shape index (κ1) is 17.8. The zero-order chi connectivity index (χ0) is 15.7. The summed E-state index contributed by atoms with van der Waals surface area (Å²) < 4.78 is 11.2. The number of rotatable bonds is 8. The number of nitrogens with one attached hydrogen (secondary N) is 2. The number of urea groups is 1. The van der Waals surface area contributed by atoms with Gasteiger partial charge in [0.2, 0.25) is 0 Å². The van der Waals surface area contributed by atoms with E-state index in [1.54, 1.807) is 6.07 Å². The molecule has 1 aromatic carbocycles. The number of methoxy groups -OCH3 is 1. The van der Waals surface area contributed by atoms with Gasteiger partial charge in [-0.1, -0.05) is 6.92 Å². The summed E-state index contributed by atoms with van der Waals surface area (Å²) >= 11 is 2.05. The van der Waals surface area contributed by atoms with Crippen molar-refractivity contribution in [3.05, 3.63) is 15.7 Å². The quantitative estimate of drug-likeness (QED) is 0.351. The van der Waals surface area contributed by atoms with Gasteiger partial charge in [0, 0.05) is 25.8 Å². The summed E-state index contributed by atoms with van der Waals surface area (Å²) in [6.07, 6.45) is 1.73. The van der Waals surface area contributed by atoms with Gasteiger partial charge in [-0.2, -0.15) is 0 Å². The van der Waals surface area contributed by atoms with Crippen molar-refractivity contribution in [2.45, 2.75) is 19.8 Å².